The first kappa shape index (κ1) is 42.1. The van der Waals surface area contributed by atoms with Crippen LogP contribution in [0.1, 0.15) is 0 Å². The third-order valence-electron chi connectivity index (χ3n) is 6.67. The Bertz CT molecular complexity index is 1640. The maximum atomic E-state index is 14.3. The minimum absolute atomic E-state index is 0. The fraction of sp³-hybridized carbons (Fsp3) is 0. The summed E-state index contributed by atoms with van der Waals surface area (Å²) in [7, 11) is -4.06. The second kappa shape index (κ2) is 19.3. The van der Waals surface area contributed by atoms with Crippen LogP contribution in [0.4, 0.5) is 35.1 Å². The van der Waals surface area contributed by atoms with Gasteiger partial charge in [0.05, 0.1) is 21.2 Å². The van der Waals surface area contributed by atoms with Crippen molar-refractivity contribution in [2.75, 3.05) is 0 Å². The molecule has 0 aliphatic rings. The number of rotatable bonds is 6. The summed E-state index contributed by atoms with van der Waals surface area (Å²) in [6, 6.07) is 30.2. The minimum atomic E-state index is -2.03. The van der Waals surface area contributed by atoms with Crippen molar-refractivity contribution in [2.24, 2.45) is 0 Å². The Labute approximate surface area is 307 Å². The molecule has 0 atom stereocenters. The van der Waals surface area contributed by atoms with E-state index in [1.165, 1.54) is 24.3 Å². The summed E-state index contributed by atoms with van der Waals surface area (Å²) in [5.74, 6) is -6.54. The smallest absolute Gasteiger partial charge is 1.00 e. The molecule has 49 heavy (non-hydrogen) atoms. The monoisotopic (exact) mass is 933 g/mol. The van der Waals surface area contributed by atoms with Gasteiger partial charge in [0.15, 0.2) is 0 Å². The fourth-order valence-corrected chi connectivity index (χ4v) is 9.43. The number of benzene rings is 6. The normalized spacial score (nSPS) is 10.3. The van der Waals surface area contributed by atoms with E-state index in [2.05, 4.69) is 0 Å². The zero-order chi connectivity index (χ0) is 32.8. The third kappa shape index (κ3) is 9.57. The second-order valence-electron chi connectivity index (χ2n) is 9.62. The molecule has 0 aliphatic carbocycles. The number of hydrogen-bond donors (Lipinski definition) is 0. The molecule has 0 nitrogen and oxygen atoms in total. The van der Waals surface area contributed by atoms with Crippen LogP contribution in [0.5, 0.6) is 0 Å². The molecule has 6 aromatic carbocycles. The molecular formula is C36H22Cl2F8P2Pt. The first-order valence-electron chi connectivity index (χ1n) is 13.7. The van der Waals surface area contributed by atoms with Crippen molar-refractivity contribution >= 4 is 47.7 Å². The predicted octanol–water partition coefficient (Wildman–Crippen LogP) is 2.01. The average molecular weight is 934 g/mol. The van der Waals surface area contributed by atoms with Crippen molar-refractivity contribution in [1.29, 1.82) is 0 Å². The SMILES string of the molecule is Fc1cccc(F)c1P(c1ccccc1)c1c(F)cccc1F.Fc1cccc(F)c1P(c1ccccc1)c1c(F)cccc1F.[Cl-].[Cl-].[Pt+2]. The minimum Gasteiger partial charge on any atom is -1.00 e. The van der Waals surface area contributed by atoms with Crippen molar-refractivity contribution in [3.8, 4) is 0 Å². The molecule has 0 aromatic heterocycles. The summed E-state index contributed by atoms with van der Waals surface area (Å²) in [5.41, 5.74) is 0. The van der Waals surface area contributed by atoms with Gasteiger partial charge in [0.25, 0.3) is 0 Å². The molecule has 0 saturated heterocycles. The molecule has 13 heteroatoms. The standard InChI is InChI=1S/2C18H11F4P.2ClH.Pt/c2*19-13-8-4-9-14(20)17(13)23(12-6-2-1-3-7-12)18-15(21)10-5-11-16(18)22;;;/h2*1-11H;2*1H;/q;;;;+2/p-2. The molecule has 0 spiro atoms. The first-order valence-corrected chi connectivity index (χ1v) is 16.3. The quantitative estimate of drug-likeness (QED) is 0.178. The van der Waals surface area contributed by atoms with Crippen molar-refractivity contribution in [2.45, 2.75) is 0 Å². The third-order valence-corrected chi connectivity index (χ3v) is 11.8. The molecule has 0 heterocycles. The Hall–Kier alpha value is -3.11. The maximum absolute atomic E-state index is 14.3. The predicted molar refractivity (Wildman–Crippen MR) is 170 cm³/mol. The van der Waals surface area contributed by atoms with Crippen molar-refractivity contribution in [3.63, 3.8) is 0 Å². The van der Waals surface area contributed by atoms with Gasteiger partial charge >= 0.3 is 21.1 Å². The molecule has 256 valence electrons. The van der Waals surface area contributed by atoms with Gasteiger partial charge in [-0.15, -0.1) is 0 Å². The molecule has 0 amide bonds. The van der Waals surface area contributed by atoms with Crippen LogP contribution in [-0.2, 0) is 21.1 Å². The molecule has 0 unspecified atom stereocenters. The molecule has 0 N–H and O–H groups in total. The van der Waals surface area contributed by atoms with Crippen LogP contribution < -0.4 is 56.6 Å². The van der Waals surface area contributed by atoms with Gasteiger partial charge in [0.1, 0.15) is 46.5 Å². The second-order valence-corrected chi connectivity index (χ2v) is 13.8. The van der Waals surface area contributed by atoms with Gasteiger partial charge in [-0.2, -0.15) is 0 Å². The maximum Gasteiger partial charge on any atom is 2.00 e. The van der Waals surface area contributed by atoms with Gasteiger partial charge in [-0.25, -0.2) is 35.1 Å². The number of halogens is 10. The van der Waals surface area contributed by atoms with Gasteiger partial charge < -0.3 is 24.8 Å². The van der Waals surface area contributed by atoms with E-state index in [9.17, 15) is 35.1 Å². The van der Waals surface area contributed by atoms with E-state index in [4.69, 9.17) is 0 Å². The topological polar surface area (TPSA) is 0 Å². The summed E-state index contributed by atoms with van der Waals surface area (Å²) < 4.78 is 114. The Morgan fingerprint density at radius 1 is 0.265 bits per heavy atom. The molecule has 0 saturated carbocycles. The van der Waals surface area contributed by atoms with E-state index in [-0.39, 0.29) is 67.1 Å². The van der Waals surface area contributed by atoms with Gasteiger partial charge in [0.2, 0.25) is 0 Å². The largest absolute Gasteiger partial charge is 2.00 e. The zero-order valence-electron chi connectivity index (χ0n) is 24.7. The van der Waals surface area contributed by atoms with E-state index in [1.54, 1.807) is 60.7 Å². The van der Waals surface area contributed by atoms with Gasteiger partial charge in [-0.1, -0.05) is 84.9 Å². The van der Waals surface area contributed by atoms with E-state index < -0.39 is 62.4 Å². The Morgan fingerprint density at radius 3 is 0.633 bits per heavy atom. The van der Waals surface area contributed by atoms with Gasteiger partial charge in [0, 0.05) is 0 Å². The van der Waals surface area contributed by atoms with E-state index in [1.807, 2.05) is 0 Å². The van der Waals surface area contributed by atoms with Crippen LogP contribution in [0, 0.1) is 46.5 Å². The molecule has 6 rings (SSSR count). The van der Waals surface area contributed by atoms with Crippen LogP contribution in [0.15, 0.2) is 133 Å². The first-order chi connectivity index (χ1) is 22.2. The Morgan fingerprint density at radius 2 is 0.449 bits per heavy atom. The number of hydrogen-bond acceptors (Lipinski definition) is 0. The van der Waals surface area contributed by atoms with E-state index in [0.29, 0.717) is 10.6 Å². The van der Waals surface area contributed by atoms with Crippen molar-refractivity contribution < 1.29 is 81.0 Å². The van der Waals surface area contributed by atoms with Crippen LogP contribution in [0.25, 0.3) is 0 Å². The fourth-order valence-electron chi connectivity index (χ4n) is 4.70. The Kier molecular flexibility index (Phi) is 16.6. The average Bonchev–Trinajstić information content (AvgIpc) is 3.04. The van der Waals surface area contributed by atoms with Crippen LogP contribution in [0.2, 0.25) is 0 Å². The molecule has 6 aromatic rings. The summed E-state index contributed by atoms with van der Waals surface area (Å²) in [5, 5.41) is -0.295. The summed E-state index contributed by atoms with van der Waals surface area (Å²) >= 11 is 0. The molecular weight excluding hydrogens is 912 g/mol. The van der Waals surface area contributed by atoms with Gasteiger partial charge in [-0.05, 0) is 75.0 Å². The zero-order valence-corrected chi connectivity index (χ0v) is 30.3. The molecule has 0 aliphatic heterocycles. The van der Waals surface area contributed by atoms with E-state index in [0.717, 1.165) is 48.5 Å². The van der Waals surface area contributed by atoms with Crippen LogP contribution in [0.3, 0.4) is 0 Å². The molecule has 0 fully saturated rings. The molecule has 0 radical (unpaired) electrons. The summed E-state index contributed by atoms with van der Waals surface area (Å²) in [6.45, 7) is 0. The van der Waals surface area contributed by atoms with Crippen LogP contribution >= 0.6 is 15.8 Å². The molecule has 0 bridgehead atoms. The van der Waals surface area contributed by atoms with Crippen molar-refractivity contribution in [1.82, 2.24) is 0 Å². The summed E-state index contributed by atoms with van der Waals surface area (Å²) in [4.78, 5) is 0. The summed E-state index contributed by atoms with van der Waals surface area (Å²) in [6.07, 6.45) is 0. The van der Waals surface area contributed by atoms with E-state index >= 15 is 0 Å². The van der Waals surface area contributed by atoms with Crippen molar-refractivity contribution in [3.05, 3.63) is 180 Å². The Balaban J connectivity index is 0.000000321. The van der Waals surface area contributed by atoms with Crippen LogP contribution in [-0.4, -0.2) is 0 Å². The van der Waals surface area contributed by atoms with Gasteiger partial charge in [-0.3, -0.25) is 0 Å².